The van der Waals surface area contributed by atoms with E-state index >= 15 is 0 Å². The standard InChI is InChI=1S/C24H22N2O3S/c1-3-13-29-19-7-4-6-17(15-19)25-22-21(20-8-5-14-30-20)23(27)26(24(22)28)18-11-9-16(2)10-12-18/h4-12,14-15,25H,3,13H2,1-2H3. The van der Waals surface area contributed by atoms with E-state index in [1.54, 1.807) is 12.1 Å². The van der Waals surface area contributed by atoms with Gasteiger partial charge in [0.1, 0.15) is 11.4 Å². The van der Waals surface area contributed by atoms with Gasteiger partial charge in [0.05, 0.1) is 17.9 Å². The topological polar surface area (TPSA) is 58.6 Å². The third-order valence-corrected chi connectivity index (χ3v) is 5.61. The summed E-state index contributed by atoms with van der Waals surface area (Å²) < 4.78 is 5.69. The van der Waals surface area contributed by atoms with Crippen LogP contribution in [0.15, 0.2) is 71.7 Å². The summed E-state index contributed by atoms with van der Waals surface area (Å²) in [5.41, 5.74) is 2.97. The SMILES string of the molecule is CCCOc1cccc(NC2=C(c3cccs3)C(=O)N(c3ccc(C)cc3)C2=O)c1. The number of nitrogens with zero attached hydrogens (tertiary/aromatic N) is 1. The molecule has 30 heavy (non-hydrogen) atoms. The van der Waals surface area contributed by atoms with Crippen LogP contribution < -0.4 is 15.0 Å². The Labute approximate surface area is 179 Å². The first-order chi connectivity index (χ1) is 14.6. The van der Waals surface area contributed by atoms with Crippen LogP contribution in [0.4, 0.5) is 11.4 Å². The summed E-state index contributed by atoms with van der Waals surface area (Å²) >= 11 is 1.43. The van der Waals surface area contributed by atoms with Gasteiger partial charge >= 0.3 is 0 Å². The van der Waals surface area contributed by atoms with E-state index in [-0.39, 0.29) is 17.5 Å². The maximum atomic E-state index is 13.3. The highest BCUT2D eigenvalue weighted by Crippen LogP contribution is 2.35. The summed E-state index contributed by atoms with van der Waals surface area (Å²) in [6, 6.07) is 18.5. The largest absolute Gasteiger partial charge is 0.494 e. The molecule has 0 atom stereocenters. The Balaban J connectivity index is 1.72. The van der Waals surface area contributed by atoms with Crippen molar-refractivity contribution in [3.05, 3.63) is 82.2 Å². The highest BCUT2D eigenvalue weighted by atomic mass is 32.1. The van der Waals surface area contributed by atoms with E-state index in [1.165, 1.54) is 16.2 Å². The van der Waals surface area contributed by atoms with Crippen molar-refractivity contribution in [3.8, 4) is 5.75 Å². The van der Waals surface area contributed by atoms with Crippen molar-refractivity contribution in [2.45, 2.75) is 20.3 Å². The number of thiophene rings is 1. The van der Waals surface area contributed by atoms with E-state index in [0.717, 1.165) is 16.9 Å². The van der Waals surface area contributed by atoms with Crippen molar-refractivity contribution < 1.29 is 14.3 Å². The summed E-state index contributed by atoms with van der Waals surface area (Å²) in [7, 11) is 0. The lowest BCUT2D eigenvalue weighted by Crippen LogP contribution is -2.32. The van der Waals surface area contributed by atoms with Gasteiger partial charge in [0.15, 0.2) is 0 Å². The van der Waals surface area contributed by atoms with Gasteiger partial charge in [-0.15, -0.1) is 11.3 Å². The van der Waals surface area contributed by atoms with Crippen LogP contribution >= 0.6 is 11.3 Å². The Morgan fingerprint density at radius 1 is 1.00 bits per heavy atom. The Morgan fingerprint density at radius 3 is 2.50 bits per heavy atom. The van der Waals surface area contributed by atoms with Crippen molar-refractivity contribution in [1.82, 2.24) is 0 Å². The maximum absolute atomic E-state index is 13.3. The fraction of sp³-hybridized carbons (Fsp3) is 0.167. The molecule has 6 heteroatoms. The first-order valence-electron chi connectivity index (χ1n) is 9.82. The molecule has 0 unspecified atom stereocenters. The van der Waals surface area contributed by atoms with Crippen LogP contribution in [0.2, 0.25) is 0 Å². The molecule has 2 amide bonds. The van der Waals surface area contributed by atoms with Crippen LogP contribution in [-0.2, 0) is 9.59 Å². The second-order valence-corrected chi connectivity index (χ2v) is 7.96. The highest BCUT2D eigenvalue weighted by Gasteiger charge is 2.40. The fourth-order valence-corrected chi connectivity index (χ4v) is 4.02. The highest BCUT2D eigenvalue weighted by molar-refractivity contribution is 7.11. The van der Waals surface area contributed by atoms with Gasteiger partial charge in [0.2, 0.25) is 0 Å². The number of carbonyl (C=O) groups is 2. The third kappa shape index (κ3) is 3.86. The molecule has 0 saturated carbocycles. The first kappa shape index (κ1) is 19.9. The van der Waals surface area contributed by atoms with Crippen molar-refractivity contribution in [1.29, 1.82) is 0 Å². The number of rotatable bonds is 7. The average molecular weight is 419 g/mol. The Bertz CT molecular complexity index is 1100. The molecule has 0 saturated heterocycles. The van der Waals surface area contributed by atoms with Crippen molar-refractivity contribution >= 4 is 40.1 Å². The average Bonchev–Trinajstić information content (AvgIpc) is 3.35. The quantitative estimate of drug-likeness (QED) is 0.533. The Hall–Kier alpha value is -3.38. The number of aryl methyl sites for hydroxylation is 1. The van der Waals surface area contributed by atoms with Crippen LogP contribution in [0.5, 0.6) is 5.75 Å². The van der Waals surface area contributed by atoms with E-state index in [2.05, 4.69) is 5.32 Å². The minimum atomic E-state index is -0.368. The minimum absolute atomic E-state index is 0.274. The summed E-state index contributed by atoms with van der Waals surface area (Å²) in [4.78, 5) is 28.6. The van der Waals surface area contributed by atoms with Crippen LogP contribution in [0, 0.1) is 6.92 Å². The molecule has 0 bridgehead atoms. The fourth-order valence-electron chi connectivity index (χ4n) is 3.25. The molecule has 0 radical (unpaired) electrons. The summed E-state index contributed by atoms with van der Waals surface area (Å²) in [5, 5.41) is 5.08. The molecule has 2 heterocycles. The molecule has 0 fully saturated rings. The number of nitrogens with one attached hydrogen (secondary N) is 1. The smallest absolute Gasteiger partial charge is 0.282 e. The number of benzene rings is 2. The van der Waals surface area contributed by atoms with Crippen LogP contribution in [0.1, 0.15) is 23.8 Å². The predicted octanol–water partition coefficient (Wildman–Crippen LogP) is 5.24. The molecule has 1 aromatic heterocycles. The number of ether oxygens (including phenoxy) is 1. The summed E-state index contributed by atoms with van der Waals surface area (Å²) in [6.45, 7) is 4.63. The van der Waals surface area contributed by atoms with Crippen LogP contribution in [0.3, 0.4) is 0 Å². The van der Waals surface area contributed by atoms with Crippen LogP contribution in [-0.4, -0.2) is 18.4 Å². The zero-order chi connectivity index (χ0) is 21.1. The first-order valence-corrected chi connectivity index (χ1v) is 10.7. The van der Waals surface area contributed by atoms with Gasteiger partial charge < -0.3 is 10.1 Å². The lowest BCUT2D eigenvalue weighted by atomic mass is 10.1. The van der Waals surface area contributed by atoms with Crippen molar-refractivity contribution in [2.24, 2.45) is 0 Å². The molecule has 5 nitrogen and oxygen atoms in total. The molecule has 152 valence electrons. The summed E-state index contributed by atoms with van der Waals surface area (Å²) in [6.07, 6.45) is 0.907. The number of hydrogen-bond donors (Lipinski definition) is 1. The molecule has 1 aliphatic heterocycles. The van der Waals surface area contributed by atoms with Gasteiger partial charge in [-0.1, -0.05) is 36.8 Å². The van der Waals surface area contributed by atoms with E-state index in [1.807, 2.05) is 67.8 Å². The minimum Gasteiger partial charge on any atom is -0.494 e. The normalized spacial score (nSPS) is 13.9. The lowest BCUT2D eigenvalue weighted by molar-refractivity contribution is -0.120. The molecular formula is C24H22N2O3S. The number of carbonyl (C=O) groups excluding carboxylic acids is 2. The Kier molecular flexibility index (Phi) is 5.68. The maximum Gasteiger partial charge on any atom is 0.282 e. The van der Waals surface area contributed by atoms with Crippen molar-refractivity contribution in [3.63, 3.8) is 0 Å². The molecule has 0 spiro atoms. The zero-order valence-corrected chi connectivity index (χ0v) is 17.7. The number of amides is 2. The van der Waals surface area contributed by atoms with E-state index in [4.69, 9.17) is 4.74 Å². The van der Waals surface area contributed by atoms with Gasteiger partial charge in [0.25, 0.3) is 11.8 Å². The molecule has 0 aliphatic carbocycles. The van der Waals surface area contributed by atoms with Crippen molar-refractivity contribution in [2.75, 3.05) is 16.8 Å². The van der Waals surface area contributed by atoms with Crippen LogP contribution in [0.25, 0.3) is 5.57 Å². The second-order valence-electron chi connectivity index (χ2n) is 7.01. The second kappa shape index (κ2) is 8.55. The number of hydrogen-bond acceptors (Lipinski definition) is 5. The number of imide groups is 1. The van der Waals surface area contributed by atoms with E-state index in [9.17, 15) is 9.59 Å². The van der Waals surface area contributed by atoms with E-state index in [0.29, 0.717) is 29.3 Å². The van der Waals surface area contributed by atoms with Gasteiger partial charge in [-0.25, -0.2) is 4.90 Å². The third-order valence-electron chi connectivity index (χ3n) is 4.72. The van der Waals surface area contributed by atoms with Gasteiger partial charge in [0, 0.05) is 16.6 Å². The predicted molar refractivity (Wildman–Crippen MR) is 121 cm³/mol. The van der Waals surface area contributed by atoms with Gasteiger partial charge in [-0.3, -0.25) is 9.59 Å². The molecule has 2 aromatic carbocycles. The van der Waals surface area contributed by atoms with Gasteiger partial charge in [-0.05, 0) is 49.1 Å². The molecular weight excluding hydrogens is 396 g/mol. The van der Waals surface area contributed by atoms with E-state index < -0.39 is 0 Å². The summed E-state index contributed by atoms with van der Waals surface area (Å²) in [5.74, 6) is 0.0200. The number of anilines is 2. The monoisotopic (exact) mass is 418 g/mol. The molecule has 1 aliphatic rings. The zero-order valence-electron chi connectivity index (χ0n) is 16.8. The molecule has 4 rings (SSSR count). The Morgan fingerprint density at radius 2 is 1.80 bits per heavy atom. The lowest BCUT2D eigenvalue weighted by Gasteiger charge is -2.15. The molecule has 3 aromatic rings. The van der Waals surface area contributed by atoms with Gasteiger partial charge in [-0.2, -0.15) is 0 Å². The molecule has 1 N–H and O–H groups in total.